The molecule has 2 heterocycles. The molecule has 0 aliphatic rings. The Morgan fingerprint density at radius 1 is 1.64 bits per heavy atom. The van der Waals surface area contributed by atoms with E-state index in [4.69, 9.17) is 15.3 Å². The Bertz CT molecular complexity index is 461. The first-order valence-corrected chi connectivity index (χ1v) is 4.60. The molecule has 0 fully saturated rings. The van der Waals surface area contributed by atoms with Gasteiger partial charge in [0, 0.05) is 0 Å². The van der Waals surface area contributed by atoms with Gasteiger partial charge in [0.2, 0.25) is 17.5 Å². The molecule has 0 aliphatic heterocycles. The minimum absolute atomic E-state index is 0.166. The van der Waals surface area contributed by atoms with Gasteiger partial charge in [-0.25, -0.2) is 4.79 Å². The SMILES string of the molecule is Nc1oc(-c2cccs2)nc1C(=O)O. The lowest BCUT2D eigenvalue weighted by Crippen LogP contribution is -2.00. The van der Waals surface area contributed by atoms with Crippen molar-refractivity contribution in [1.29, 1.82) is 0 Å². The van der Waals surface area contributed by atoms with Gasteiger partial charge in [0.1, 0.15) is 0 Å². The van der Waals surface area contributed by atoms with Crippen molar-refractivity contribution in [3.63, 3.8) is 0 Å². The fourth-order valence-electron chi connectivity index (χ4n) is 0.991. The Hall–Kier alpha value is -1.82. The topological polar surface area (TPSA) is 89.4 Å². The van der Waals surface area contributed by atoms with Gasteiger partial charge in [-0.05, 0) is 11.4 Å². The fourth-order valence-corrected chi connectivity index (χ4v) is 1.64. The molecule has 72 valence electrons. The molecule has 0 saturated heterocycles. The Morgan fingerprint density at radius 3 is 2.93 bits per heavy atom. The average molecular weight is 210 g/mol. The van der Waals surface area contributed by atoms with Crippen molar-refractivity contribution >= 4 is 23.2 Å². The lowest BCUT2D eigenvalue weighted by atomic mass is 10.4. The molecule has 3 N–H and O–H groups in total. The molecule has 0 aliphatic carbocycles. The van der Waals surface area contributed by atoms with E-state index in [1.165, 1.54) is 11.3 Å². The third-order valence-electron chi connectivity index (χ3n) is 1.59. The molecule has 2 aromatic rings. The summed E-state index contributed by atoms with van der Waals surface area (Å²) in [7, 11) is 0. The van der Waals surface area contributed by atoms with E-state index >= 15 is 0 Å². The van der Waals surface area contributed by atoms with E-state index in [0.29, 0.717) is 0 Å². The number of hydrogen-bond donors (Lipinski definition) is 2. The smallest absolute Gasteiger partial charge is 0.360 e. The Kier molecular flexibility index (Phi) is 1.97. The van der Waals surface area contributed by atoms with E-state index in [1.807, 2.05) is 11.4 Å². The van der Waals surface area contributed by atoms with Crippen LogP contribution in [0.2, 0.25) is 0 Å². The van der Waals surface area contributed by atoms with Gasteiger partial charge in [-0.1, -0.05) is 6.07 Å². The van der Waals surface area contributed by atoms with Crippen LogP contribution in [-0.2, 0) is 0 Å². The summed E-state index contributed by atoms with van der Waals surface area (Å²) < 4.78 is 5.02. The maximum absolute atomic E-state index is 10.6. The number of anilines is 1. The van der Waals surface area contributed by atoms with Crippen LogP contribution in [-0.4, -0.2) is 16.1 Å². The number of oxazole rings is 1. The fraction of sp³-hybridized carbons (Fsp3) is 0. The monoisotopic (exact) mass is 210 g/mol. The summed E-state index contributed by atoms with van der Waals surface area (Å²) in [5.41, 5.74) is 5.10. The number of nitrogen functional groups attached to an aromatic ring is 1. The molecule has 0 amide bonds. The van der Waals surface area contributed by atoms with E-state index in [2.05, 4.69) is 4.98 Å². The number of aromatic nitrogens is 1. The second kappa shape index (κ2) is 3.15. The molecule has 6 heteroatoms. The molecule has 0 atom stereocenters. The molecular weight excluding hydrogens is 204 g/mol. The average Bonchev–Trinajstić information content (AvgIpc) is 2.70. The van der Waals surface area contributed by atoms with E-state index in [1.54, 1.807) is 6.07 Å². The van der Waals surface area contributed by atoms with Crippen molar-refractivity contribution in [2.45, 2.75) is 0 Å². The largest absolute Gasteiger partial charge is 0.476 e. The molecule has 0 unspecified atom stereocenters. The highest BCUT2D eigenvalue weighted by molar-refractivity contribution is 7.13. The lowest BCUT2D eigenvalue weighted by Gasteiger charge is -1.84. The molecule has 2 rings (SSSR count). The zero-order valence-electron chi connectivity index (χ0n) is 6.93. The van der Waals surface area contributed by atoms with Gasteiger partial charge in [-0.2, -0.15) is 4.98 Å². The van der Waals surface area contributed by atoms with Crippen LogP contribution in [0.15, 0.2) is 21.9 Å². The molecule has 14 heavy (non-hydrogen) atoms. The minimum Gasteiger partial charge on any atom is -0.476 e. The van der Waals surface area contributed by atoms with Crippen molar-refractivity contribution in [1.82, 2.24) is 4.98 Å². The van der Waals surface area contributed by atoms with Crippen LogP contribution < -0.4 is 5.73 Å². The molecular formula is C8H6N2O3S. The van der Waals surface area contributed by atoms with Crippen LogP contribution in [0.5, 0.6) is 0 Å². The van der Waals surface area contributed by atoms with E-state index in [-0.39, 0.29) is 17.5 Å². The second-order valence-corrected chi connectivity index (χ2v) is 3.46. The van der Waals surface area contributed by atoms with Gasteiger partial charge < -0.3 is 15.3 Å². The number of hydrogen-bond acceptors (Lipinski definition) is 5. The minimum atomic E-state index is -1.19. The highest BCUT2D eigenvalue weighted by Crippen LogP contribution is 2.27. The van der Waals surface area contributed by atoms with Crippen molar-refractivity contribution in [3.8, 4) is 10.8 Å². The number of carboxylic acids is 1. The first-order valence-electron chi connectivity index (χ1n) is 3.72. The zero-order valence-corrected chi connectivity index (χ0v) is 7.75. The van der Waals surface area contributed by atoms with Gasteiger partial charge in [0.05, 0.1) is 4.88 Å². The molecule has 5 nitrogen and oxygen atoms in total. The Morgan fingerprint density at radius 2 is 2.43 bits per heavy atom. The van der Waals surface area contributed by atoms with Crippen LogP contribution in [0.3, 0.4) is 0 Å². The second-order valence-electron chi connectivity index (χ2n) is 2.51. The summed E-state index contributed by atoms with van der Waals surface area (Å²) in [6.07, 6.45) is 0. The van der Waals surface area contributed by atoms with Gasteiger partial charge in [0.15, 0.2) is 0 Å². The van der Waals surface area contributed by atoms with Crippen molar-refractivity contribution in [2.24, 2.45) is 0 Å². The predicted octanol–water partition coefficient (Wildman–Crippen LogP) is 1.68. The van der Waals surface area contributed by atoms with Crippen LogP contribution in [0.1, 0.15) is 10.5 Å². The highest BCUT2D eigenvalue weighted by Gasteiger charge is 2.18. The number of carbonyl (C=O) groups is 1. The first kappa shape index (κ1) is 8.76. The third-order valence-corrected chi connectivity index (χ3v) is 2.45. The number of rotatable bonds is 2. The summed E-state index contributed by atoms with van der Waals surface area (Å²) in [6.45, 7) is 0. The normalized spacial score (nSPS) is 10.3. The molecule has 0 bridgehead atoms. The number of carboxylic acid groups (broad SMARTS) is 1. The van der Waals surface area contributed by atoms with Crippen LogP contribution in [0.4, 0.5) is 5.88 Å². The van der Waals surface area contributed by atoms with E-state index in [0.717, 1.165) is 4.88 Å². The van der Waals surface area contributed by atoms with Crippen LogP contribution in [0.25, 0.3) is 10.8 Å². The predicted molar refractivity (Wildman–Crippen MR) is 51.2 cm³/mol. The summed E-state index contributed by atoms with van der Waals surface area (Å²) in [5, 5.41) is 10.5. The first-order chi connectivity index (χ1) is 6.68. The number of nitrogens with two attached hydrogens (primary N) is 1. The standard InChI is InChI=1S/C8H6N2O3S/c9-6-5(8(11)12)10-7(13-6)4-2-1-3-14-4/h1-3H,9H2,(H,11,12). The number of nitrogens with zero attached hydrogens (tertiary/aromatic N) is 1. The van der Waals surface area contributed by atoms with Crippen molar-refractivity contribution in [2.75, 3.05) is 5.73 Å². The zero-order chi connectivity index (χ0) is 10.1. The molecule has 0 aromatic carbocycles. The van der Waals surface area contributed by atoms with Gasteiger partial charge >= 0.3 is 5.97 Å². The molecule has 0 radical (unpaired) electrons. The maximum Gasteiger partial charge on any atom is 0.360 e. The van der Waals surface area contributed by atoms with Crippen LogP contribution in [0, 0.1) is 0 Å². The lowest BCUT2D eigenvalue weighted by molar-refractivity contribution is 0.0692. The summed E-state index contributed by atoms with van der Waals surface area (Å²) in [6, 6.07) is 3.60. The van der Waals surface area contributed by atoms with Gasteiger partial charge in [0.25, 0.3) is 0 Å². The molecule has 2 aromatic heterocycles. The molecule has 0 spiro atoms. The summed E-state index contributed by atoms with van der Waals surface area (Å²) in [4.78, 5) is 15.1. The van der Waals surface area contributed by atoms with Gasteiger partial charge in [-0.15, -0.1) is 11.3 Å². The highest BCUT2D eigenvalue weighted by atomic mass is 32.1. The van der Waals surface area contributed by atoms with E-state index in [9.17, 15) is 4.79 Å². The molecule has 0 saturated carbocycles. The Balaban J connectivity index is 2.48. The summed E-state index contributed by atoms with van der Waals surface area (Å²) in [5.74, 6) is -1.11. The van der Waals surface area contributed by atoms with E-state index < -0.39 is 5.97 Å². The maximum atomic E-state index is 10.6. The Labute approximate surface area is 82.8 Å². The summed E-state index contributed by atoms with van der Waals surface area (Å²) >= 11 is 1.41. The van der Waals surface area contributed by atoms with Gasteiger partial charge in [-0.3, -0.25) is 0 Å². The van der Waals surface area contributed by atoms with Crippen molar-refractivity contribution in [3.05, 3.63) is 23.2 Å². The quantitative estimate of drug-likeness (QED) is 0.787. The third kappa shape index (κ3) is 1.35. The number of thiophene rings is 1. The van der Waals surface area contributed by atoms with Crippen molar-refractivity contribution < 1.29 is 14.3 Å². The van der Waals surface area contributed by atoms with Crippen LogP contribution >= 0.6 is 11.3 Å². The number of aromatic carboxylic acids is 1.